The molecule has 112 valence electrons. The molecule has 20 heavy (non-hydrogen) atoms. The number of nitrogens with zero attached hydrogens (tertiary/aromatic N) is 2. The summed E-state index contributed by atoms with van der Waals surface area (Å²) in [5.74, 6) is 0.299. The Morgan fingerprint density at radius 3 is 2.65 bits per heavy atom. The van der Waals surface area contributed by atoms with Crippen molar-refractivity contribution in [1.82, 2.24) is 10.1 Å². The summed E-state index contributed by atoms with van der Waals surface area (Å²) in [5.41, 5.74) is -0.467. The highest BCUT2D eigenvalue weighted by Crippen LogP contribution is 2.42. The van der Waals surface area contributed by atoms with Crippen LogP contribution in [0.5, 0.6) is 0 Å². The van der Waals surface area contributed by atoms with Crippen LogP contribution in [0.3, 0.4) is 0 Å². The fourth-order valence-electron chi connectivity index (χ4n) is 2.85. The monoisotopic (exact) mass is 304 g/mol. The highest BCUT2D eigenvalue weighted by atomic mass is 32.2. The van der Waals surface area contributed by atoms with E-state index in [2.05, 4.69) is 10.1 Å². The molecule has 1 aliphatic carbocycles. The summed E-state index contributed by atoms with van der Waals surface area (Å²) in [6.45, 7) is 0. The van der Waals surface area contributed by atoms with Gasteiger partial charge in [0.25, 0.3) is 0 Å². The molecule has 1 saturated carbocycles. The van der Waals surface area contributed by atoms with Crippen LogP contribution >= 0.6 is 11.8 Å². The molecule has 0 spiro atoms. The minimum Gasteiger partial charge on any atom is -0.369 e. The summed E-state index contributed by atoms with van der Waals surface area (Å²) < 4.78 is 37.3. The minimum atomic E-state index is -2.53. The van der Waals surface area contributed by atoms with Crippen molar-refractivity contribution < 1.29 is 18.0 Å². The lowest BCUT2D eigenvalue weighted by Gasteiger charge is -2.26. The number of thioether (sulfide) groups is 1. The molecule has 0 N–H and O–H groups in total. The van der Waals surface area contributed by atoms with E-state index in [1.807, 2.05) is 0 Å². The third-order valence-electron chi connectivity index (χ3n) is 4.29. The lowest BCUT2D eigenvalue weighted by Crippen LogP contribution is -2.29. The molecule has 1 atom stereocenters. The van der Waals surface area contributed by atoms with Gasteiger partial charge in [-0.15, -0.1) is 0 Å². The van der Waals surface area contributed by atoms with Gasteiger partial charge >= 0.3 is 0 Å². The van der Waals surface area contributed by atoms with Crippen LogP contribution in [0.25, 0.3) is 0 Å². The van der Waals surface area contributed by atoms with E-state index < -0.39 is 11.5 Å². The normalized spacial score (nSPS) is 30.8. The number of rotatable bonds is 3. The maximum Gasteiger partial charge on any atom is 0.248 e. The van der Waals surface area contributed by atoms with Crippen molar-refractivity contribution in [2.24, 2.45) is 0 Å². The topological polar surface area (TPSA) is 48.2 Å². The molecule has 2 aliphatic rings. The van der Waals surface area contributed by atoms with Crippen LogP contribution in [0.2, 0.25) is 0 Å². The van der Waals surface area contributed by atoms with Crippen molar-refractivity contribution in [3.63, 3.8) is 0 Å². The smallest absolute Gasteiger partial charge is 0.248 e. The van der Waals surface area contributed by atoms with Crippen LogP contribution in [0.1, 0.15) is 49.7 Å². The molecule has 7 heteroatoms. The van der Waals surface area contributed by atoms with E-state index in [9.17, 15) is 8.78 Å². The van der Waals surface area contributed by atoms with Crippen molar-refractivity contribution in [3.05, 3.63) is 11.7 Å². The molecule has 0 bridgehead atoms. The van der Waals surface area contributed by atoms with Crippen LogP contribution in [-0.4, -0.2) is 34.7 Å². The van der Waals surface area contributed by atoms with Gasteiger partial charge in [0.05, 0.1) is 0 Å². The van der Waals surface area contributed by atoms with Crippen molar-refractivity contribution in [1.29, 1.82) is 0 Å². The van der Waals surface area contributed by atoms with E-state index in [1.54, 1.807) is 18.9 Å². The van der Waals surface area contributed by atoms with Gasteiger partial charge in [0.2, 0.25) is 17.6 Å². The van der Waals surface area contributed by atoms with E-state index in [1.165, 1.54) is 0 Å². The summed E-state index contributed by atoms with van der Waals surface area (Å²) in [6, 6.07) is 0. The van der Waals surface area contributed by atoms with E-state index in [0.717, 1.165) is 17.9 Å². The summed E-state index contributed by atoms with van der Waals surface area (Å²) in [5, 5.41) is 4.04. The standard InChI is InChI=1S/C13H18F2N2O2S/c1-18-12(6-7-20-8-12)11-16-10(19-17-11)9-2-4-13(14,15)5-3-9/h9H,2-8H2,1H3. The first-order valence-electron chi connectivity index (χ1n) is 6.89. The molecule has 1 saturated heterocycles. The Hall–Kier alpha value is -0.690. The zero-order chi connectivity index (χ0) is 14.2. The predicted octanol–water partition coefficient (Wildman–Crippen LogP) is 3.34. The molecule has 0 amide bonds. The maximum atomic E-state index is 13.2. The van der Waals surface area contributed by atoms with Gasteiger partial charge in [0.15, 0.2) is 0 Å². The Balaban J connectivity index is 1.74. The van der Waals surface area contributed by atoms with Gasteiger partial charge in [-0.1, -0.05) is 5.16 Å². The first-order chi connectivity index (χ1) is 9.55. The van der Waals surface area contributed by atoms with Crippen LogP contribution in [-0.2, 0) is 10.3 Å². The Morgan fingerprint density at radius 1 is 1.30 bits per heavy atom. The average molecular weight is 304 g/mol. The maximum absolute atomic E-state index is 13.2. The second-order valence-electron chi connectivity index (χ2n) is 5.59. The molecule has 2 fully saturated rings. The quantitative estimate of drug-likeness (QED) is 0.857. The number of alkyl halides is 2. The number of halogens is 2. The summed E-state index contributed by atoms with van der Waals surface area (Å²) >= 11 is 1.80. The van der Waals surface area contributed by atoms with E-state index in [4.69, 9.17) is 9.26 Å². The van der Waals surface area contributed by atoms with Gasteiger partial charge in [0, 0.05) is 31.6 Å². The van der Waals surface area contributed by atoms with Gasteiger partial charge in [-0.25, -0.2) is 8.78 Å². The second-order valence-corrected chi connectivity index (χ2v) is 6.69. The molecule has 3 rings (SSSR count). The molecule has 1 unspecified atom stereocenters. The van der Waals surface area contributed by atoms with Crippen LogP contribution in [0.4, 0.5) is 8.78 Å². The van der Waals surface area contributed by atoms with Crippen molar-refractivity contribution in [2.75, 3.05) is 18.6 Å². The van der Waals surface area contributed by atoms with Crippen LogP contribution < -0.4 is 0 Å². The fourth-order valence-corrected chi connectivity index (χ4v) is 4.19. The number of aromatic nitrogens is 2. The lowest BCUT2D eigenvalue weighted by molar-refractivity contribution is -0.0402. The number of ether oxygens (including phenoxy) is 1. The molecule has 0 aromatic carbocycles. The molecule has 1 aliphatic heterocycles. The molecular formula is C13H18F2N2O2S. The van der Waals surface area contributed by atoms with Crippen LogP contribution in [0, 0.1) is 0 Å². The zero-order valence-corrected chi connectivity index (χ0v) is 12.2. The summed E-state index contributed by atoms with van der Waals surface area (Å²) in [7, 11) is 1.66. The number of methoxy groups -OCH3 is 1. The second kappa shape index (κ2) is 5.26. The molecule has 0 radical (unpaired) electrons. The van der Waals surface area contributed by atoms with E-state index >= 15 is 0 Å². The third-order valence-corrected chi connectivity index (χ3v) is 5.46. The number of hydrogen-bond acceptors (Lipinski definition) is 5. The van der Waals surface area contributed by atoms with Gasteiger partial charge in [0.1, 0.15) is 5.60 Å². The first kappa shape index (κ1) is 14.3. The van der Waals surface area contributed by atoms with Gasteiger partial charge in [-0.05, 0) is 25.0 Å². The highest BCUT2D eigenvalue weighted by Gasteiger charge is 2.42. The summed E-state index contributed by atoms with van der Waals surface area (Å²) in [6.07, 6.45) is 1.48. The Morgan fingerprint density at radius 2 is 2.05 bits per heavy atom. The largest absolute Gasteiger partial charge is 0.369 e. The zero-order valence-electron chi connectivity index (χ0n) is 11.4. The summed E-state index contributed by atoms with van der Waals surface area (Å²) in [4.78, 5) is 4.45. The molecule has 2 heterocycles. The van der Waals surface area contributed by atoms with Gasteiger partial charge in [-0.2, -0.15) is 16.7 Å². The van der Waals surface area contributed by atoms with Crippen molar-refractivity contribution in [2.45, 2.75) is 49.5 Å². The van der Waals surface area contributed by atoms with E-state index in [0.29, 0.717) is 24.6 Å². The highest BCUT2D eigenvalue weighted by molar-refractivity contribution is 7.99. The molecule has 1 aromatic rings. The first-order valence-corrected chi connectivity index (χ1v) is 8.05. The SMILES string of the molecule is COC1(c2noc(C3CCC(F)(F)CC3)n2)CCSC1. The third kappa shape index (κ3) is 2.57. The van der Waals surface area contributed by atoms with Crippen molar-refractivity contribution in [3.8, 4) is 0 Å². The molecule has 1 aromatic heterocycles. The molecular weight excluding hydrogens is 286 g/mol. The lowest BCUT2D eigenvalue weighted by atomic mass is 9.87. The van der Waals surface area contributed by atoms with Crippen LogP contribution in [0.15, 0.2) is 4.52 Å². The average Bonchev–Trinajstić information content (AvgIpc) is 3.08. The Bertz CT molecular complexity index is 465. The Labute approximate surface area is 120 Å². The Kier molecular flexibility index (Phi) is 3.75. The predicted molar refractivity (Wildman–Crippen MR) is 71.1 cm³/mol. The van der Waals surface area contributed by atoms with E-state index in [-0.39, 0.29) is 18.8 Å². The molecule has 4 nitrogen and oxygen atoms in total. The fraction of sp³-hybridized carbons (Fsp3) is 0.846. The minimum absolute atomic E-state index is 0.0427. The van der Waals surface area contributed by atoms with Gasteiger partial charge < -0.3 is 9.26 Å². The number of hydrogen-bond donors (Lipinski definition) is 0. The van der Waals surface area contributed by atoms with Gasteiger partial charge in [-0.3, -0.25) is 0 Å². The van der Waals surface area contributed by atoms with Crippen molar-refractivity contribution >= 4 is 11.8 Å².